The largest absolute Gasteiger partial charge is 0.339 e. The van der Waals surface area contributed by atoms with Crippen LogP contribution in [0.25, 0.3) is 44.3 Å². The molecule has 1 aliphatic rings. The normalized spacial score (nSPS) is 15.3. The van der Waals surface area contributed by atoms with Crippen molar-refractivity contribution < 1.29 is 8.42 Å². The molecule has 40 heavy (non-hydrogen) atoms. The van der Waals surface area contributed by atoms with E-state index in [0.29, 0.717) is 23.4 Å². The van der Waals surface area contributed by atoms with Gasteiger partial charge in [0.05, 0.1) is 22.5 Å². The summed E-state index contributed by atoms with van der Waals surface area (Å²) in [5, 5.41) is 2.37. The summed E-state index contributed by atoms with van der Waals surface area (Å²) in [5.41, 5.74) is 7.08. The van der Waals surface area contributed by atoms with E-state index in [4.69, 9.17) is 11.6 Å². The zero-order valence-electron chi connectivity index (χ0n) is 22.7. The van der Waals surface area contributed by atoms with Gasteiger partial charge in [0.15, 0.2) is 0 Å². The number of halogens is 1. The molecule has 0 atom stereocenters. The van der Waals surface area contributed by atoms with Crippen LogP contribution in [0.1, 0.15) is 24.0 Å². The van der Waals surface area contributed by atoms with Crippen LogP contribution in [0.5, 0.6) is 0 Å². The summed E-state index contributed by atoms with van der Waals surface area (Å²) in [6.45, 7) is 4.38. The molecule has 0 radical (unpaired) electrons. The molecule has 0 amide bonds. The van der Waals surface area contributed by atoms with Crippen molar-refractivity contribution in [1.82, 2.24) is 19.4 Å². The first-order valence-electron chi connectivity index (χ1n) is 13.4. The molecule has 7 nitrogen and oxygen atoms in total. The van der Waals surface area contributed by atoms with Gasteiger partial charge in [-0.25, -0.2) is 13.4 Å². The zero-order valence-corrected chi connectivity index (χ0v) is 24.3. The average Bonchev–Trinajstić information content (AvgIpc) is 3.37. The molecule has 0 unspecified atom stereocenters. The van der Waals surface area contributed by atoms with E-state index in [1.54, 1.807) is 29.9 Å². The lowest BCUT2D eigenvalue weighted by molar-refractivity contribution is 0.222. The first-order valence-corrected chi connectivity index (χ1v) is 15.7. The quantitative estimate of drug-likeness (QED) is 0.290. The Morgan fingerprint density at radius 2 is 1.68 bits per heavy atom. The highest BCUT2D eigenvalue weighted by atomic mass is 35.5. The van der Waals surface area contributed by atoms with Gasteiger partial charge < -0.3 is 9.55 Å². The number of sulfone groups is 1. The lowest BCUT2D eigenvalue weighted by atomic mass is 9.97. The number of aromatic nitrogens is 3. The summed E-state index contributed by atoms with van der Waals surface area (Å²) < 4.78 is 25.4. The maximum Gasteiger partial charge on any atom is 0.258 e. The lowest BCUT2D eigenvalue weighted by Crippen LogP contribution is -2.38. The van der Waals surface area contributed by atoms with Crippen molar-refractivity contribution >= 4 is 43.4 Å². The fourth-order valence-electron chi connectivity index (χ4n) is 5.93. The summed E-state index contributed by atoms with van der Waals surface area (Å²) >= 11 is 6.10. The Bertz CT molecular complexity index is 1900. The number of rotatable bonds is 5. The minimum absolute atomic E-state index is 0.0691. The van der Waals surface area contributed by atoms with Crippen LogP contribution in [0.4, 0.5) is 0 Å². The summed E-state index contributed by atoms with van der Waals surface area (Å²) in [7, 11) is -1.18. The van der Waals surface area contributed by atoms with Crippen LogP contribution in [0.2, 0.25) is 5.02 Å². The molecule has 0 bridgehead atoms. The number of nitrogens with one attached hydrogen (secondary N) is 1. The predicted molar refractivity (Wildman–Crippen MR) is 163 cm³/mol. The predicted octanol–water partition coefficient (Wildman–Crippen LogP) is 5.72. The van der Waals surface area contributed by atoms with Crippen LogP contribution >= 0.6 is 11.6 Å². The van der Waals surface area contributed by atoms with Gasteiger partial charge in [-0.1, -0.05) is 48.0 Å². The van der Waals surface area contributed by atoms with Crippen molar-refractivity contribution in [3.8, 4) is 22.4 Å². The van der Waals surface area contributed by atoms with Crippen LogP contribution in [0, 0.1) is 6.92 Å². The molecular weight excluding hydrogens is 544 g/mol. The van der Waals surface area contributed by atoms with Crippen molar-refractivity contribution in [3.63, 3.8) is 0 Å². The van der Waals surface area contributed by atoms with E-state index in [1.807, 2.05) is 19.1 Å². The number of nitrogens with zero attached hydrogens (tertiary/aromatic N) is 3. The fourth-order valence-corrected chi connectivity index (χ4v) is 7.12. The van der Waals surface area contributed by atoms with Crippen molar-refractivity contribution in [2.24, 2.45) is 7.05 Å². The van der Waals surface area contributed by atoms with Gasteiger partial charge in [0.1, 0.15) is 15.5 Å². The van der Waals surface area contributed by atoms with Gasteiger partial charge in [-0.05, 0) is 73.3 Å². The monoisotopic (exact) mass is 574 g/mol. The molecule has 206 valence electrons. The van der Waals surface area contributed by atoms with Crippen molar-refractivity contribution in [1.29, 1.82) is 0 Å². The van der Waals surface area contributed by atoms with Crippen LogP contribution < -0.4 is 5.56 Å². The van der Waals surface area contributed by atoms with Gasteiger partial charge in [0.25, 0.3) is 5.56 Å². The lowest BCUT2D eigenvalue weighted by Gasteiger charge is -2.31. The third-order valence-corrected chi connectivity index (χ3v) is 10.1. The highest BCUT2D eigenvalue weighted by Crippen LogP contribution is 2.34. The molecular formula is C31H31ClN4O3S. The van der Waals surface area contributed by atoms with Crippen molar-refractivity contribution in [2.45, 2.75) is 31.6 Å². The molecule has 2 aromatic carbocycles. The molecule has 0 aliphatic carbocycles. The minimum atomic E-state index is -2.97. The summed E-state index contributed by atoms with van der Waals surface area (Å²) in [6.07, 6.45) is 4.48. The van der Waals surface area contributed by atoms with Gasteiger partial charge in [-0.3, -0.25) is 9.69 Å². The number of fused-ring (bicyclic) bond motifs is 3. The highest BCUT2D eigenvalue weighted by molar-refractivity contribution is 7.91. The van der Waals surface area contributed by atoms with E-state index in [1.165, 1.54) is 11.8 Å². The molecule has 5 aromatic rings. The fraction of sp³-hybridized carbons (Fsp3) is 0.290. The van der Waals surface area contributed by atoms with Gasteiger partial charge in [0.2, 0.25) is 0 Å². The Morgan fingerprint density at radius 3 is 2.33 bits per heavy atom. The zero-order chi connectivity index (χ0) is 28.2. The van der Waals surface area contributed by atoms with Crippen LogP contribution in [-0.4, -0.2) is 52.4 Å². The molecule has 0 saturated carbocycles. The maximum atomic E-state index is 13.4. The molecule has 0 spiro atoms. The number of H-pyrrole nitrogens is 1. The third kappa shape index (κ3) is 4.85. The van der Waals surface area contributed by atoms with Gasteiger partial charge >= 0.3 is 0 Å². The first kappa shape index (κ1) is 26.7. The average molecular weight is 575 g/mol. The van der Waals surface area contributed by atoms with Gasteiger partial charge in [-0.15, -0.1) is 0 Å². The standard InChI is InChI=1S/C31H31ClN4O3S/c1-19-28(22-8-10-23(32)11-9-22)31(37)35(2)27-17-33-30-25(29(19)27)16-26(34-30)21-6-4-20(5-7-21)18-36-14-12-24(13-15-36)40(3,38)39/h4-11,16-17,24H,12-15,18H2,1-3H3,(H,33,34). The number of aromatic amines is 1. The molecule has 1 saturated heterocycles. The van der Waals surface area contributed by atoms with E-state index in [-0.39, 0.29) is 10.8 Å². The molecule has 1 fully saturated rings. The number of piperidine rings is 1. The van der Waals surface area contributed by atoms with Crippen LogP contribution in [-0.2, 0) is 23.4 Å². The molecule has 9 heteroatoms. The molecule has 3 aromatic heterocycles. The first-order chi connectivity index (χ1) is 19.1. The molecule has 1 N–H and O–H groups in total. The highest BCUT2D eigenvalue weighted by Gasteiger charge is 2.26. The van der Waals surface area contributed by atoms with Crippen LogP contribution in [0.15, 0.2) is 65.6 Å². The Balaban J connectivity index is 1.32. The Morgan fingerprint density at radius 1 is 1.02 bits per heavy atom. The maximum absolute atomic E-state index is 13.4. The second-order valence-corrected chi connectivity index (χ2v) is 13.6. The second-order valence-electron chi connectivity index (χ2n) is 10.8. The van der Waals surface area contributed by atoms with Crippen molar-refractivity contribution in [3.05, 3.63) is 87.3 Å². The molecule has 6 rings (SSSR count). The topological polar surface area (TPSA) is 88.1 Å². The van der Waals surface area contributed by atoms with E-state index in [9.17, 15) is 13.2 Å². The van der Waals surface area contributed by atoms with Crippen molar-refractivity contribution in [2.75, 3.05) is 19.3 Å². The van der Waals surface area contributed by atoms with E-state index in [2.05, 4.69) is 45.2 Å². The van der Waals surface area contributed by atoms with Crippen LogP contribution in [0.3, 0.4) is 0 Å². The number of likely N-dealkylation sites (tertiary alicyclic amines) is 1. The minimum Gasteiger partial charge on any atom is -0.339 e. The second kappa shape index (κ2) is 10.2. The summed E-state index contributed by atoms with van der Waals surface area (Å²) in [5.74, 6) is 0. The molecule has 1 aliphatic heterocycles. The smallest absolute Gasteiger partial charge is 0.258 e. The molecule has 4 heterocycles. The summed E-state index contributed by atoms with van der Waals surface area (Å²) in [4.78, 5) is 23.8. The van der Waals surface area contributed by atoms with E-state index < -0.39 is 9.84 Å². The number of hydrogen-bond donors (Lipinski definition) is 1. The Labute approximate surface area is 238 Å². The van der Waals surface area contributed by atoms with Gasteiger partial charge in [-0.2, -0.15) is 0 Å². The van der Waals surface area contributed by atoms with Gasteiger partial charge in [0, 0.05) is 41.3 Å². The van der Waals surface area contributed by atoms with E-state index in [0.717, 1.165) is 64.0 Å². The number of hydrogen-bond acceptors (Lipinski definition) is 5. The van der Waals surface area contributed by atoms with E-state index >= 15 is 0 Å². The number of pyridine rings is 2. The number of benzene rings is 2. The SMILES string of the molecule is Cc1c(-c2ccc(Cl)cc2)c(=O)n(C)c2cnc3[nH]c(-c4ccc(CN5CCC(S(C)(=O)=O)CC5)cc4)cc3c12. The summed E-state index contributed by atoms with van der Waals surface area (Å²) in [6, 6.07) is 17.9. The Kier molecular flexibility index (Phi) is 6.81. The number of aryl methyl sites for hydroxylation is 2. The third-order valence-electron chi connectivity index (χ3n) is 8.21. The Hall–Kier alpha value is -3.46.